The van der Waals surface area contributed by atoms with Gasteiger partial charge in [-0.2, -0.15) is 5.10 Å². The molecule has 0 atom stereocenters. The van der Waals surface area contributed by atoms with Crippen LogP contribution in [0.4, 0.5) is 0 Å². The van der Waals surface area contributed by atoms with E-state index in [0.29, 0.717) is 6.54 Å². The lowest BCUT2D eigenvalue weighted by atomic mass is 10.4. The van der Waals surface area contributed by atoms with Crippen molar-refractivity contribution < 1.29 is 0 Å². The smallest absolute Gasteiger partial charge is 0.266 e. The molecule has 0 radical (unpaired) electrons. The Kier molecular flexibility index (Phi) is 6.50. The summed E-state index contributed by atoms with van der Waals surface area (Å²) >= 11 is 0. The monoisotopic (exact) mass is 238 g/mol. The first-order valence-electron chi connectivity index (χ1n) is 6.23. The Morgan fingerprint density at radius 3 is 2.76 bits per heavy atom. The maximum Gasteiger partial charge on any atom is 0.266 e. The third-order valence-corrected chi connectivity index (χ3v) is 2.78. The van der Waals surface area contributed by atoms with E-state index in [4.69, 9.17) is 0 Å². The Morgan fingerprint density at radius 1 is 1.35 bits per heavy atom. The highest BCUT2D eigenvalue weighted by Gasteiger charge is 1.98. The van der Waals surface area contributed by atoms with Gasteiger partial charge in [0.05, 0.1) is 6.54 Å². The molecule has 0 aromatic carbocycles. The van der Waals surface area contributed by atoms with Crippen molar-refractivity contribution in [2.75, 3.05) is 32.7 Å². The Morgan fingerprint density at radius 2 is 2.12 bits per heavy atom. The maximum atomic E-state index is 11.3. The highest BCUT2D eigenvalue weighted by Crippen LogP contribution is 1.84. The molecular formula is C12H22N4O. The number of nitrogens with zero attached hydrogens (tertiary/aromatic N) is 3. The van der Waals surface area contributed by atoms with Gasteiger partial charge < -0.3 is 10.2 Å². The Hall–Kier alpha value is -1.20. The number of hydrogen-bond donors (Lipinski definition) is 1. The number of aromatic nitrogens is 2. The van der Waals surface area contributed by atoms with Crippen LogP contribution in [0.15, 0.2) is 23.1 Å². The molecule has 96 valence electrons. The summed E-state index contributed by atoms with van der Waals surface area (Å²) < 4.78 is 1.48. The van der Waals surface area contributed by atoms with Gasteiger partial charge in [-0.05, 0) is 19.2 Å². The summed E-state index contributed by atoms with van der Waals surface area (Å²) in [5.41, 5.74) is -0.0435. The normalized spacial score (nSPS) is 11.0. The molecule has 0 saturated heterocycles. The molecule has 0 aliphatic rings. The summed E-state index contributed by atoms with van der Waals surface area (Å²) in [5.74, 6) is 0. The van der Waals surface area contributed by atoms with Crippen LogP contribution in [0.5, 0.6) is 0 Å². The van der Waals surface area contributed by atoms with Crippen LogP contribution in [0.2, 0.25) is 0 Å². The standard InChI is InChI=1S/C12H22N4O/c1-3-15(4-2)10-8-13-9-11-16-12(17)6-5-7-14-16/h5-7,13H,3-4,8-11H2,1-2H3. The predicted molar refractivity (Wildman–Crippen MR) is 69.2 cm³/mol. The van der Waals surface area contributed by atoms with Crippen LogP contribution in [-0.2, 0) is 6.54 Å². The summed E-state index contributed by atoms with van der Waals surface area (Å²) in [6, 6.07) is 3.19. The molecule has 5 nitrogen and oxygen atoms in total. The Bertz CT molecular complexity index is 360. The lowest BCUT2D eigenvalue weighted by Crippen LogP contribution is -2.34. The van der Waals surface area contributed by atoms with Gasteiger partial charge in [0.15, 0.2) is 0 Å². The number of rotatable bonds is 8. The second-order valence-electron chi connectivity index (χ2n) is 3.86. The summed E-state index contributed by atoms with van der Waals surface area (Å²) in [4.78, 5) is 13.7. The molecule has 1 aromatic rings. The highest BCUT2D eigenvalue weighted by atomic mass is 16.1. The van der Waals surface area contributed by atoms with Gasteiger partial charge in [0, 0.05) is 31.9 Å². The van der Waals surface area contributed by atoms with E-state index in [9.17, 15) is 4.79 Å². The van der Waals surface area contributed by atoms with Crippen LogP contribution in [0, 0.1) is 0 Å². The van der Waals surface area contributed by atoms with Crippen LogP contribution < -0.4 is 10.9 Å². The Balaban J connectivity index is 2.17. The molecule has 0 bridgehead atoms. The first kappa shape index (κ1) is 13.9. The molecule has 0 unspecified atom stereocenters. The van der Waals surface area contributed by atoms with E-state index in [2.05, 4.69) is 29.2 Å². The molecule has 1 aromatic heterocycles. The van der Waals surface area contributed by atoms with Crippen LogP contribution in [-0.4, -0.2) is 47.4 Å². The minimum absolute atomic E-state index is 0.0435. The molecule has 0 saturated carbocycles. The minimum Gasteiger partial charge on any atom is -0.314 e. The fraction of sp³-hybridized carbons (Fsp3) is 0.667. The lowest BCUT2D eigenvalue weighted by Gasteiger charge is -2.17. The topological polar surface area (TPSA) is 50.2 Å². The van der Waals surface area contributed by atoms with Crippen molar-refractivity contribution in [2.45, 2.75) is 20.4 Å². The van der Waals surface area contributed by atoms with E-state index >= 15 is 0 Å². The van der Waals surface area contributed by atoms with Crippen molar-refractivity contribution in [2.24, 2.45) is 0 Å². The largest absolute Gasteiger partial charge is 0.314 e. The zero-order valence-corrected chi connectivity index (χ0v) is 10.7. The van der Waals surface area contributed by atoms with Gasteiger partial charge in [0.2, 0.25) is 0 Å². The van der Waals surface area contributed by atoms with Gasteiger partial charge in [-0.3, -0.25) is 4.79 Å². The van der Waals surface area contributed by atoms with E-state index in [1.807, 2.05) is 0 Å². The number of nitrogens with one attached hydrogen (secondary N) is 1. The lowest BCUT2D eigenvalue weighted by molar-refractivity contribution is 0.301. The third kappa shape index (κ3) is 5.10. The fourth-order valence-corrected chi connectivity index (χ4v) is 1.64. The third-order valence-electron chi connectivity index (χ3n) is 2.78. The van der Waals surface area contributed by atoms with Crippen LogP contribution in [0.3, 0.4) is 0 Å². The SMILES string of the molecule is CCN(CC)CCNCCn1ncccc1=O. The van der Waals surface area contributed by atoms with Gasteiger partial charge in [-0.1, -0.05) is 13.8 Å². The molecule has 0 spiro atoms. The highest BCUT2D eigenvalue weighted by molar-refractivity contribution is 4.84. The van der Waals surface area contributed by atoms with Crippen molar-refractivity contribution in [3.63, 3.8) is 0 Å². The van der Waals surface area contributed by atoms with Crippen LogP contribution in [0.1, 0.15) is 13.8 Å². The van der Waals surface area contributed by atoms with E-state index in [1.54, 1.807) is 12.3 Å². The van der Waals surface area contributed by atoms with E-state index in [-0.39, 0.29) is 5.56 Å². The summed E-state index contributed by atoms with van der Waals surface area (Å²) in [6.07, 6.45) is 1.64. The number of likely N-dealkylation sites (N-methyl/N-ethyl adjacent to an activating group) is 1. The van der Waals surface area contributed by atoms with Crippen LogP contribution in [0.25, 0.3) is 0 Å². The van der Waals surface area contributed by atoms with Crippen molar-refractivity contribution in [1.82, 2.24) is 20.0 Å². The maximum absolute atomic E-state index is 11.3. The van der Waals surface area contributed by atoms with Gasteiger partial charge in [-0.15, -0.1) is 0 Å². The average Bonchev–Trinajstić information content (AvgIpc) is 2.36. The van der Waals surface area contributed by atoms with Gasteiger partial charge in [0.1, 0.15) is 0 Å². The Labute approximate surface area is 102 Å². The molecule has 0 amide bonds. The van der Waals surface area contributed by atoms with Crippen molar-refractivity contribution >= 4 is 0 Å². The van der Waals surface area contributed by atoms with Crippen LogP contribution >= 0.6 is 0 Å². The zero-order chi connectivity index (χ0) is 12.5. The molecule has 17 heavy (non-hydrogen) atoms. The summed E-state index contributed by atoms with van der Waals surface area (Å²) in [7, 11) is 0. The first-order valence-corrected chi connectivity index (χ1v) is 6.23. The molecule has 0 aliphatic carbocycles. The van der Waals surface area contributed by atoms with Gasteiger partial charge in [0.25, 0.3) is 5.56 Å². The molecule has 0 aliphatic heterocycles. The molecule has 1 rings (SSSR count). The first-order chi connectivity index (χ1) is 8.27. The molecule has 5 heteroatoms. The summed E-state index contributed by atoms with van der Waals surface area (Å²) in [6.45, 7) is 9.88. The van der Waals surface area contributed by atoms with Crippen molar-refractivity contribution in [3.8, 4) is 0 Å². The van der Waals surface area contributed by atoms with E-state index < -0.39 is 0 Å². The quantitative estimate of drug-likeness (QED) is 0.656. The molecular weight excluding hydrogens is 216 g/mol. The molecule has 1 heterocycles. The second kappa shape index (κ2) is 7.97. The average molecular weight is 238 g/mol. The molecule has 1 N–H and O–H groups in total. The van der Waals surface area contributed by atoms with E-state index in [1.165, 1.54) is 10.7 Å². The zero-order valence-electron chi connectivity index (χ0n) is 10.7. The van der Waals surface area contributed by atoms with Gasteiger partial charge >= 0.3 is 0 Å². The van der Waals surface area contributed by atoms with Gasteiger partial charge in [-0.25, -0.2) is 4.68 Å². The molecule has 0 fully saturated rings. The fourth-order valence-electron chi connectivity index (χ4n) is 1.64. The van der Waals surface area contributed by atoms with Crippen molar-refractivity contribution in [3.05, 3.63) is 28.7 Å². The van der Waals surface area contributed by atoms with E-state index in [0.717, 1.165) is 32.7 Å². The minimum atomic E-state index is -0.0435. The number of hydrogen-bond acceptors (Lipinski definition) is 4. The second-order valence-corrected chi connectivity index (χ2v) is 3.86. The predicted octanol–water partition coefficient (Wildman–Crippen LogP) is 0.175. The summed E-state index contributed by atoms with van der Waals surface area (Å²) in [5, 5.41) is 7.32. The van der Waals surface area contributed by atoms with Crippen molar-refractivity contribution in [1.29, 1.82) is 0 Å².